The Balaban J connectivity index is 2.16. The highest BCUT2D eigenvalue weighted by atomic mass is 16.1. The van der Waals surface area contributed by atoms with Gasteiger partial charge in [0.15, 0.2) is 0 Å². The summed E-state index contributed by atoms with van der Waals surface area (Å²) in [6.07, 6.45) is 4.90. The van der Waals surface area contributed by atoms with Crippen molar-refractivity contribution in [3.63, 3.8) is 0 Å². The molecule has 2 unspecified atom stereocenters. The third-order valence-corrected chi connectivity index (χ3v) is 3.40. The predicted molar refractivity (Wildman–Crippen MR) is 71.8 cm³/mol. The van der Waals surface area contributed by atoms with E-state index in [1.54, 1.807) is 0 Å². The molecule has 0 bridgehead atoms. The zero-order valence-corrected chi connectivity index (χ0v) is 11.5. The number of nitriles is 1. The van der Waals surface area contributed by atoms with Gasteiger partial charge in [0.2, 0.25) is 5.91 Å². The summed E-state index contributed by atoms with van der Waals surface area (Å²) in [6, 6.07) is 2.65. The van der Waals surface area contributed by atoms with Crippen LogP contribution in [0.1, 0.15) is 46.0 Å². The van der Waals surface area contributed by atoms with Crippen LogP contribution in [-0.4, -0.2) is 25.0 Å². The Kier molecular flexibility index (Phi) is 6.74. The topological polar surface area (TPSA) is 64.9 Å². The van der Waals surface area contributed by atoms with E-state index in [2.05, 4.69) is 30.6 Å². The highest BCUT2D eigenvalue weighted by Crippen LogP contribution is 2.23. The Morgan fingerprint density at radius 2 is 2.11 bits per heavy atom. The van der Waals surface area contributed by atoms with Crippen LogP contribution < -0.4 is 10.6 Å². The van der Waals surface area contributed by atoms with Gasteiger partial charge in [0.1, 0.15) is 0 Å². The van der Waals surface area contributed by atoms with Crippen molar-refractivity contribution in [3.05, 3.63) is 0 Å². The van der Waals surface area contributed by atoms with E-state index < -0.39 is 0 Å². The molecule has 102 valence electrons. The highest BCUT2D eigenvalue weighted by molar-refractivity contribution is 5.76. The number of carbonyl (C=O) groups is 1. The largest absolute Gasteiger partial charge is 0.356 e. The second-order valence-corrected chi connectivity index (χ2v) is 5.53. The summed E-state index contributed by atoms with van der Waals surface area (Å²) in [5.74, 6) is 0.709. The second kappa shape index (κ2) is 8.10. The predicted octanol–water partition coefficient (Wildman–Crippen LogP) is 1.82. The molecule has 0 radical (unpaired) electrons. The van der Waals surface area contributed by atoms with Crippen LogP contribution in [0.5, 0.6) is 0 Å². The Morgan fingerprint density at radius 1 is 1.39 bits per heavy atom. The van der Waals surface area contributed by atoms with E-state index in [1.165, 1.54) is 6.42 Å². The van der Waals surface area contributed by atoms with Crippen LogP contribution in [-0.2, 0) is 4.79 Å². The SMILES string of the molecule is CC(C)CNC(=O)CCNC1CCCCC1C#N. The van der Waals surface area contributed by atoms with Crippen molar-refractivity contribution >= 4 is 5.91 Å². The number of rotatable bonds is 6. The monoisotopic (exact) mass is 251 g/mol. The molecule has 0 aromatic carbocycles. The first-order valence-electron chi connectivity index (χ1n) is 7.03. The minimum Gasteiger partial charge on any atom is -0.356 e. The lowest BCUT2D eigenvalue weighted by molar-refractivity contribution is -0.121. The maximum atomic E-state index is 11.5. The first kappa shape index (κ1) is 15.0. The number of carbonyl (C=O) groups excluding carboxylic acids is 1. The number of hydrogen-bond acceptors (Lipinski definition) is 3. The summed E-state index contributed by atoms with van der Waals surface area (Å²) in [5, 5.41) is 15.3. The molecular formula is C14H25N3O. The van der Waals surface area contributed by atoms with Gasteiger partial charge in [-0.3, -0.25) is 4.79 Å². The molecule has 18 heavy (non-hydrogen) atoms. The summed E-state index contributed by atoms with van der Waals surface area (Å²) >= 11 is 0. The van der Waals surface area contributed by atoms with Crippen LogP contribution in [0.25, 0.3) is 0 Å². The summed E-state index contributed by atoms with van der Waals surface area (Å²) < 4.78 is 0. The fourth-order valence-electron chi connectivity index (χ4n) is 2.31. The van der Waals surface area contributed by atoms with Crippen LogP contribution in [0.2, 0.25) is 0 Å². The number of hydrogen-bond donors (Lipinski definition) is 2. The molecule has 1 aliphatic carbocycles. The zero-order valence-electron chi connectivity index (χ0n) is 11.5. The summed E-state index contributed by atoms with van der Waals surface area (Å²) in [6.45, 7) is 5.58. The van der Waals surface area contributed by atoms with Gasteiger partial charge in [0.25, 0.3) is 0 Å². The molecule has 0 aromatic heterocycles. The minimum atomic E-state index is 0.0977. The fourth-order valence-corrected chi connectivity index (χ4v) is 2.31. The van der Waals surface area contributed by atoms with Crippen molar-refractivity contribution in [1.82, 2.24) is 10.6 Å². The van der Waals surface area contributed by atoms with Crippen molar-refractivity contribution in [2.75, 3.05) is 13.1 Å². The normalized spacial score (nSPS) is 23.7. The smallest absolute Gasteiger partial charge is 0.221 e. The first-order chi connectivity index (χ1) is 8.63. The second-order valence-electron chi connectivity index (χ2n) is 5.53. The van der Waals surface area contributed by atoms with Crippen molar-refractivity contribution < 1.29 is 4.79 Å². The third kappa shape index (κ3) is 5.50. The molecule has 1 amide bonds. The molecule has 2 atom stereocenters. The van der Waals surface area contributed by atoms with Crippen LogP contribution >= 0.6 is 0 Å². The molecular weight excluding hydrogens is 226 g/mol. The molecule has 0 saturated heterocycles. The number of amides is 1. The van der Waals surface area contributed by atoms with Gasteiger partial charge in [0.05, 0.1) is 12.0 Å². The quantitative estimate of drug-likeness (QED) is 0.757. The van der Waals surface area contributed by atoms with E-state index >= 15 is 0 Å². The standard InChI is InChI=1S/C14H25N3O/c1-11(2)10-17-14(18)7-8-16-13-6-4-3-5-12(13)9-15/h11-13,16H,3-8,10H2,1-2H3,(H,17,18). The lowest BCUT2D eigenvalue weighted by Crippen LogP contribution is -2.40. The molecule has 4 nitrogen and oxygen atoms in total. The molecule has 2 N–H and O–H groups in total. The van der Waals surface area contributed by atoms with Gasteiger partial charge in [-0.15, -0.1) is 0 Å². The molecule has 1 fully saturated rings. The Hall–Kier alpha value is -1.08. The van der Waals surface area contributed by atoms with Crippen LogP contribution in [0.15, 0.2) is 0 Å². The number of nitrogens with one attached hydrogen (secondary N) is 2. The van der Waals surface area contributed by atoms with Crippen molar-refractivity contribution in [3.8, 4) is 6.07 Å². The average Bonchev–Trinajstić information content (AvgIpc) is 2.37. The van der Waals surface area contributed by atoms with Crippen LogP contribution in [0, 0.1) is 23.2 Å². The third-order valence-electron chi connectivity index (χ3n) is 3.40. The van der Waals surface area contributed by atoms with Gasteiger partial charge in [-0.2, -0.15) is 5.26 Å². The van der Waals surface area contributed by atoms with Crippen LogP contribution in [0.3, 0.4) is 0 Å². The molecule has 0 spiro atoms. The molecule has 1 saturated carbocycles. The zero-order chi connectivity index (χ0) is 13.4. The van der Waals surface area contributed by atoms with Crippen molar-refractivity contribution in [2.45, 2.75) is 52.0 Å². The Morgan fingerprint density at radius 3 is 2.78 bits per heavy atom. The maximum Gasteiger partial charge on any atom is 0.221 e. The fraction of sp³-hybridized carbons (Fsp3) is 0.857. The van der Waals surface area contributed by atoms with E-state index in [4.69, 9.17) is 5.26 Å². The Labute approximate surface area is 110 Å². The lowest BCUT2D eigenvalue weighted by atomic mass is 9.85. The maximum absolute atomic E-state index is 11.5. The van der Waals surface area contributed by atoms with Gasteiger partial charge in [0, 0.05) is 25.6 Å². The minimum absolute atomic E-state index is 0.0977. The molecule has 0 heterocycles. The van der Waals surface area contributed by atoms with Crippen LogP contribution in [0.4, 0.5) is 0 Å². The Bertz CT molecular complexity index is 296. The molecule has 0 aliphatic heterocycles. The molecule has 4 heteroatoms. The highest BCUT2D eigenvalue weighted by Gasteiger charge is 2.24. The van der Waals surface area contributed by atoms with Gasteiger partial charge < -0.3 is 10.6 Å². The number of nitrogens with zero attached hydrogens (tertiary/aromatic N) is 1. The summed E-state index contributed by atoms with van der Waals surface area (Å²) in [5.41, 5.74) is 0. The van der Waals surface area contributed by atoms with E-state index in [0.717, 1.165) is 25.8 Å². The van der Waals surface area contributed by atoms with Crippen molar-refractivity contribution in [1.29, 1.82) is 5.26 Å². The van der Waals surface area contributed by atoms with Gasteiger partial charge in [-0.1, -0.05) is 26.7 Å². The molecule has 1 rings (SSSR count). The van der Waals surface area contributed by atoms with E-state index in [-0.39, 0.29) is 17.9 Å². The summed E-state index contributed by atoms with van der Waals surface area (Å²) in [7, 11) is 0. The summed E-state index contributed by atoms with van der Waals surface area (Å²) in [4.78, 5) is 11.5. The van der Waals surface area contributed by atoms with E-state index in [0.29, 0.717) is 18.9 Å². The molecule has 1 aliphatic rings. The molecule has 0 aromatic rings. The van der Waals surface area contributed by atoms with Crippen molar-refractivity contribution in [2.24, 2.45) is 11.8 Å². The van der Waals surface area contributed by atoms with E-state index in [9.17, 15) is 4.79 Å². The first-order valence-corrected chi connectivity index (χ1v) is 7.03. The average molecular weight is 251 g/mol. The van der Waals surface area contributed by atoms with E-state index in [1.807, 2.05) is 0 Å². The lowest BCUT2D eigenvalue weighted by Gasteiger charge is -2.27. The van der Waals surface area contributed by atoms with Gasteiger partial charge in [-0.05, 0) is 18.8 Å². The van der Waals surface area contributed by atoms with Gasteiger partial charge in [-0.25, -0.2) is 0 Å². The van der Waals surface area contributed by atoms with Gasteiger partial charge >= 0.3 is 0 Å².